The summed E-state index contributed by atoms with van der Waals surface area (Å²) in [6.07, 6.45) is 4.04. The second-order valence-corrected chi connectivity index (χ2v) is 5.81. The number of fused-ring (bicyclic) bond motifs is 1. The smallest absolute Gasteiger partial charge is 0.223 e. The number of hydrogen-bond donors (Lipinski definition) is 1. The van der Waals surface area contributed by atoms with Gasteiger partial charge in [-0.2, -0.15) is 0 Å². The topological polar surface area (TPSA) is 56.2 Å². The fourth-order valence-corrected chi connectivity index (χ4v) is 2.82. The van der Waals surface area contributed by atoms with Crippen molar-refractivity contribution < 1.29 is 13.9 Å². The summed E-state index contributed by atoms with van der Waals surface area (Å²) in [4.78, 5) is 16.5. The van der Waals surface area contributed by atoms with Gasteiger partial charge in [0.15, 0.2) is 0 Å². The third-order valence-electron chi connectivity index (χ3n) is 3.87. The first-order valence-electron chi connectivity index (χ1n) is 7.80. The van der Waals surface area contributed by atoms with Crippen LogP contribution in [0.3, 0.4) is 0 Å². The van der Waals surface area contributed by atoms with E-state index in [1.165, 1.54) is 12.1 Å². The molecule has 0 unspecified atom stereocenters. The summed E-state index contributed by atoms with van der Waals surface area (Å²) in [7, 11) is 0. The molecule has 1 N–H and O–H groups in total. The first-order valence-corrected chi connectivity index (χ1v) is 7.80. The molecule has 1 amide bonds. The minimum absolute atomic E-state index is 0.0494. The van der Waals surface area contributed by atoms with Gasteiger partial charge in [0.2, 0.25) is 5.91 Å². The van der Waals surface area contributed by atoms with Gasteiger partial charge in [0.1, 0.15) is 17.4 Å². The maximum absolute atomic E-state index is 13.0. The molecule has 1 aliphatic rings. The minimum Gasteiger partial charge on any atom is -0.493 e. The SMILES string of the molecule is Cc1cn2c(n1)CC[C@@H](NC(=O)CCOc1cccc(F)c1)C2. The highest BCUT2D eigenvalue weighted by Gasteiger charge is 2.21. The van der Waals surface area contributed by atoms with Crippen LogP contribution in [0.4, 0.5) is 4.39 Å². The molecule has 0 saturated heterocycles. The fraction of sp³-hybridized carbons (Fsp3) is 0.412. The van der Waals surface area contributed by atoms with Crippen molar-refractivity contribution in [1.29, 1.82) is 0 Å². The molecule has 0 bridgehead atoms. The van der Waals surface area contributed by atoms with Gasteiger partial charge in [0.25, 0.3) is 0 Å². The molecule has 6 heteroatoms. The van der Waals surface area contributed by atoms with Crippen molar-refractivity contribution in [1.82, 2.24) is 14.9 Å². The summed E-state index contributed by atoms with van der Waals surface area (Å²) in [5.74, 6) is 1.13. The lowest BCUT2D eigenvalue weighted by molar-refractivity contribution is -0.122. The predicted octanol–water partition coefficient (Wildman–Crippen LogP) is 2.23. The molecule has 0 saturated carbocycles. The Kier molecular flexibility index (Phi) is 4.60. The summed E-state index contributed by atoms with van der Waals surface area (Å²) in [5, 5.41) is 3.03. The van der Waals surface area contributed by atoms with E-state index < -0.39 is 0 Å². The number of amides is 1. The highest BCUT2D eigenvalue weighted by atomic mass is 19.1. The lowest BCUT2D eigenvalue weighted by atomic mass is 10.1. The zero-order chi connectivity index (χ0) is 16.2. The Bertz CT molecular complexity index is 699. The molecule has 0 spiro atoms. The Morgan fingerprint density at radius 2 is 2.39 bits per heavy atom. The summed E-state index contributed by atoms with van der Waals surface area (Å²) in [5.41, 5.74) is 1.01. The fourth-order valence-electron chi connectivity index (χ4n) is 2.82. The summed E-state index contributed by atoms with van der Waals surface area (Å²) in [6, 6.07) is 6.04. The molecular weight excluding hydrogens is 297 g/mol. The van der Waals surface area contributed by atoms with Gasteiger partial charge in [-0.3, -0.25) is 4.79 Å². The summed E-state index contributed by atoms with van der Waals surface area (Å²) >= 11 is 0. The number of ether oxygens (including phenoxy) is 1. The van der Waals surface area contributed by atoms with Gasteiger partial charge in [-0.15, -0.1) is 0 Å². The van der Waals surface area contributed by atoms with E-state index in [0.717, 1.165) is 30.9 Å². The quantitative estimate of drug-likeness (QED) is 0.920. The molecule has 0 radical (unpaired) electrons. The molecule has 0 aliphatic carbocycles. The lowest BCUT2D eigenvalue weighted by Gasteiger charge is -2.24. The van der Waals surface area contributed by atoms with Crippen LogP contribution in [0.1, 0.15) is 24.4 Å². The zero-order valence-corrected chi connectivity index (χ0v) is 13.1. The first kappa shape index (κ1) is 15.5. The number of hydrogen-bond acceptors (Lipinski definition) is 3. The van der Waals surface area contributed by atoms with Gasteiger partial charge in [-0.05, 0) is 25.5 Å². The van der Waals surface area contributed by atoms with Crippen LogP contribution in [0.5, 0.6) is 5.75 Å². The molecule has 2 heterocycles. The Morgan fingerprint density at radius 1 is 1.52 bits per heavy atom. The van der Waals surface area contributed by atoms with Crippen LogP contribution in [0.25, 0.3) is 0 Å². The molecule has 1 aliphatic heterocycles. The van der Waals surface area contributed by atoms with E-state index in [0.29, 0.717) is 5.75 Å². The van der Waals surface area contributed by atoms with Gasteiger partial charge in [0.05, 0.1) is 18.7 Å². The first-order chi connectivity index (χ1) is 11.1. The third kappa shape index (κ3) is 4.09. The van der Waals surface area contributed by atoms with Crippen LogP contribution in [-0.4, -0.2) is 28.1 Å². The van der Waals surface area contributed by atoms with Crippen LogP contribution in [0.15, 0.2) is 30.5 Å². The van der Waals surface area contributed by atoms with Crippen molar-refractivity contribution in [3.05, 3.63) is 47.8 Å². The third-order valence-corrected chi connectivity index (χ3v) is 3.87. The molecular formula is C17H20FN3O2. The maximum Gasteiger partial charge on any atom is 0.223 e. The summed E-state index contributed by atoms with van der Waals surface area (Å²) in [6.45, 7) is 2.97. The number of aryl methyl sites for hydroxylation is 2. The van der Waals surface area contributed by atoms with E-state index in [1.54, 1.807) is 12.1 Å². The van der Waals surface area contributed by atoms with E-state index in [2.05, 4.69) is 14.9 Å². The lowest BCUT2D eigenvalue weighted by Crippen LogP contribution is -2.41. The predicted molar refractivity (Wildman–Crippen MR) is 83.7 cm³/mol. The van der Waals surface area contributed by atoms with Crippen molar-refractivity contribution in [2.24, 2.45) is 0 Å². The Morgan fingerprint density at radius 3 is 3.22 bits per heavy atom. The minimum atomic E-state index is -0.347. The van der Waals surface area contributed by atoms with Crippen molar-refractivity contribution >= 4 is 5.91 Å². The normalized spacial score (nSPS) is 16.7. The number of imidazole rings is 1. The molecule has 23 heavy (non-hydrogen) atoms. The maximum atomic E-state index is 13.0. The highest BCUT2D eigenvalue weighted by molar-refractivity contribution is 5.76. The van der Waals surface area contributed by atoms with Gasteiger partial charge < -0.3 is 14.6 Å². The van der Waals surface area contributed by atoms with E-state index >= 15 is 0 Å². The second-order valence-electron chi connectivity index (χ2n) is 5.81. The van der Waals surface area contributed by atoms with Gasteiger partial charge >= 0.3 is 0 Å². The molecule has 2 aromatic rings. The summed E-state index contributed by atoms with van der Waals surface area (Å²) < 4.78 is 20.5. The van der Waals surface area contributed by atoms with Crippen LogP contribution >= 0.6 is 0 Å². The number of benzene rings is 1. The monoisotopic (exact) mass is 317 g/mol. The second kappa shape index (κ2) is 6.81. The number of aromatic nitrogens is 2. The van der Waals surface area contributed by atoms with E-state index in [-0.39, 0.29) is 30.8 Å². The average Bonchev–Trinajstić information content (AvgIpc) is 2.86. The van der Waals surface area contributed by atoms with Crippen molar-refractivity contribution in [3.63, 3.8) is 0 Å². The van der Waals surface area contributed by atoms with Gasteiger partial charge in [-0.25, -0.2) is 9.37 Å². The van der Waals surface area contributed by atoms with Crippen molar-refractivity contribution in [2.45, 2.75) is 38.8 Å². The largest absolute Gasteiger partial charge is 0.493 e. The van der Waals surface area contributed by atoms with E-state index in [9.17, 15) is 9.18 Å². The highest BCUT2D eigenvalue weighted by Crippen LogP contribution is 2.15. The molecule has 1 aromatic carbocycles. The Balaban J connectivity index is 1.43. The van der Waals surface area contributed by atoms with Crippen molar-refractivity contribution in [2.75, 3.05) is 6.61 Å². The zero-order valence-electron chi connectivity index (χ0n) is 13.1. The number of rotatable bonds is 5. The number of carbonyl (C=O) groups is 1. The van der Waals surface area contributed by atoms with Gasteiger partial charge in [0, 0.05) is 31.3 Å². The van der Waals surface area contributed by atoms with Crippen LogP contribution in [0.2, 0.25) is 0 Å². The number of nitrogens with zero attached hydrogens (tertiary/aromatic N) is 2. The Hall–Kier alpha value is -2.37. The average molecular weight is 317 g/mol. The standard InChI is InChI=1S/C17H20FN3O2/c1-12-10-21-11-14(5-6-16(21)19-12)20-17(22)7-8-23-15-4-2-3-13(18)9-15/h2-4,9-10,14H,5-8,11H2,1H3,(H,20,22)/t14-/m1/s1. The Labute approximate surface area is 134 Å². The number of halogens is 1. The van der Waals surface area contributed by atoms with E-state index in [1.807, 2.05) is 13.1 Å². The molecule has 1 atom stereocenters. The van der Waals surface area contributed by atoms with Crippen LogP contribution in [-0.2, 0) is 17.8 Å². The molecule has 1 aromatic heterocycles. The number of carbonyl (C=O) groups excluding carboxylic acids is 1. The molecule has 3 rings (SSSR count). The molecule has 0 fully saturated rings. The van der Waals surface area contributed by atoms with Crippen molar-refractivity contribution in [3.8, 4) is 5.75 Å². The van der Waals surface area contributed by atoms with Crippen LogP contribution in [0, 0.1) is 12.7 Å². The van der Waals surface area contributed by atoms with E-state index in [4.69, 9.17) is 4.74 Å². The van der Waals surface area contributed by atoms with Crippen LogP contribution < -0.4 is 10.1 Å². The van der Waals surface area contributed by atoms with Gasteiger partial charge in [-0.1, -0.05) is 6.07 Å². The number of nitrogens with one attached hydrogen (secondary N) is 1. The molecule has 5 nitrogen and oxygen atoms in total. The molecule has 122 valence electrons.